The van der Waals surface area contributed by atoms with E-state index in [-0.39, 0.29) is 12.0 Å². The average Bonchev–Trinajstić information content (AvgIpc) is 2.49. The van der Waals surface area contributed by atoms with Crippen molar-refractivity contribution < 1.29 is 14.6 Å². The molecule has 1 atom stereocenters. The van der Waals surface area contributed by atoms with Crippen LogP contribution in [0.2, 0.25) is 5.02 Å². The quantitative estimate of drug-likeness (QED) is 0.863. The Hall–Kier alpha value is -1.30. The van der Waals surface area contributed by atoms with Crippen molar-refractivity contribution in [2.24, 2.45) is 0 Å². The van der Waals surface area contributed by atoms with E-state index in [9.17, 15) is 9.90 Å². The maximum atomic E-state index is 12.1. The summed E-state index contributed by atoms with van der Waals surface area (Å²) < 4.78 is 5.55. The number of amides is 1. The highest BCUT2D eigenvalue weighted by molar-refractivity contribution is 6.30. The largest absolute Gasteiger partial charge is 0.493 e. The maximum absolute atomic E-state index is 12.1. The first kappa shape index (κ1) is 17.1. The van der Waals surface area contributed by atoms with Crippen molar-refractivity contribution in [1.82, 2.24) is 9.80 Å². The third-order valence-corrected chi connectivity index (χ3v) is 3.90. The molecule has 0 aromatic heterocycles. The van der Waals surface area contributed by atoms with E-state index >= 15 is 0 Å². The number of aliphatic hydroxyl groups excluding tert-OH is 1. The monoisotopic (exact) mass is 326 g/mol. The normalized spacial score (nSPS) is 17.3. The minimum absolute atomic E-state index is 0.116. The first-order valence-electron chi connectivity index (χ1n) is 7.61. The van der Waals surface area contributed by atoms with E-state index < -0.39 is 0 Å². The SMILES string of the molecule is C[C@H](O)CN1CCN(C(=O)CCOc2ccc(Cl)cc2)CC1. The van der Waals surface area contributed by atoms with Crippen LogP contribution in [0.25, 0.3) is 0 Å². The van der Waals surface area contributed by atoms with Gasteiger partial charge in [-0.05, 0) is 31.2 Å². The van der Waals surface area contributed by atoms with Crippen molar-refractivity contribution in [3.8, 4) is 5.75 Å². The fraction of sp³-hybridized carbons (Fsp3) is 0.562. The lowest BCUT2D eigenvalue weighted by Gasteiger charge is -2.35. The minimum Gasteiger partial charge on any atom is -0.493 e. The predicted octanol–water partition coefficient (Wildman–Crippen LogP) is 1.63. The topological polar surface area (TPSA) is 53.0 Å². The van der Waals surface area contributed by atoms with Gasteiger partial charge in [0.25, 0.3) is 0 Å². The summed E-state index contributed by atoms with van der Waals surface area (Å²) in [5.41, 5.74) is 0. The average molecular weight is 327 g/mol. The lowest BCUT2D eigenvalue weighted by Crippen LogP contribution is -2.50. The highest BCUT2D eigenvalue weighted by Crippen LogP contribution is 2.15. The van der Waals surface area contributed by atoms with E-state index in [1.807, 2.05) is 4.90 Å². The lowest BCUT2D eigenvalue weighted by molar-refractivity contribution is -0.133. The summed E-state index contributed by atoms with van der Waals surface area (Å²) >= 11 is 5.80. The molecule has 5 nitrogen and oxygen atoms in total. The van der Waals surface area contributed by atoms with Crippen molar-refractivity contribution in [2.45, 2.75) is 19.4 Å². The standard InChI is InChI=1S/C16H23ClN2O3/c1-13(20)12-18-7-9-19(10-8-18)16(21)6-11-22-15-4-2-14(17)3-5-15/h2-5,13,20H,6-12H2,1H3/t13-/m0/s1. The molecule has 1 aromatic rings. The van der Waals surface area contributed by atoms with E-state index in [2.05, 4.69) is 4.90 Å². The number of nitrogens with zero attached hydrogens (tertiary/aromatic N) is 2. The van der Waals surface area contributed by atoms with Gasteiger partial charge >= 0.3 is 0 Å². The van der Waals surface area contributed by atoms with Gasteiger partial charge in [0.2, 0.25) is 5.91 Å². The van der Waals surface area contributed by atoms with Crippen LogP contribution in [-0.2, 0) is 4.79 Å². The van der Waals surface area contributed by atoms with Gasteiger partial charge < -0.3 is 14.7 Å². The summed E-state index contributed by atoms with van der Waals surface area (Å²) in [5.74, 6) is 0.838. The summed E-state index contributed by atoms with van der Waals surface area (Å²) in [6.45, 7) is 5.88. The van der Waals surface area contributed by atoms with Crippen LogP contribution in [-0.4, -0.2) is 66.2 Å². The van der Waals surface area contributed by atoms with Crippen LogP contribution >= 0.6 is 11.6 Å². The number of hydrogen-bond acceptors (Lipinski definition) is 4. The van der Waals surface area contributed by atoms with Gasteiger partial charge in [-0.25, -0.2) is 0 Å². The van der Waals surface area contributed by atoms with E-state index in [0.29, 0.717) is 37.7 Å². The third-order valence-electron chi connectivity index (χ3n) is 3.65. The van der Waals surface area contributed by atoms with Crippen LogP contribution in [0, 0.1) is 0 Å². The highest BCUT2D eigenvalue weighted by atomic mass is 35.5. The molecule has 6 heteroatoms. The van der Waals surface area contributed by atoms with Crippen LogP contribution < -0.4 is 4.74 Å². The summed E-state index contributed by atoms with van der Waals surface area (Å²) in [6, 6.07) is 7.11. The molecule has 2 rings (SSSR count). The molecule has 0 radical (unpaired) electrons. The molecule has 1 amide bonds. The van der Waals surface area contributed by atoms with Crippen LogP contribution in [0.15, 0.2) is 24.3 Å². The van der Waals surface area contributed by atoms with Gasteiger partial charge in [0, 0.05) is 37.7 Å². The second-order valence-corrected chi connectivity index (χ2v) is 6.02. The third kappa shape index (κ3) is 5.48. The van der Waals surface area contributed by atoms with E-state index in [4.69, 9.17) is 16.3 Å². The number of ether oxygens (including phenoxy) is 1. The maximum Gasteiger partial charge on any atom is 0.226 e. The number of piperazine rings is 1. The Balaban J connectivity index is 1.67. The Morgan fingerprint density at radius 3 is 2.50 bits per heavy atom. The summed E-state index contributed by atoms with van der Waals surface area (Å²) in [7, 11) is 0. The number of halogens is 1. The van der Waals surface area contributed by atoms with Gasteiger partial charge in [0.05, 0.1) is 19.1 Å². The van der Waals surface area contributed by atoms with Gasteiger partial charge in [-0.1, -0.05) is 11.6 Å². The summed E-state index contributed by atoms with van der Waals surface area (Å²) in [5, 5.41) is 10.0. The number of aliphatic hydroxyl groups is 1. The molecule has 1 aromatic carbocycles. The minimum atomic E-state index is -0.324. The molecule has 1 saturated heterocycles. The van der Waals surface area contributed by atoms with Gasteiger partial charge in [0.1, 0.15) is 5.75 Å². The van der Waals surface area contributed by atoms with Gasteiger partial charge in [0.15, 0.2) is 0 Å². The van der Waals surface area contributed by atoms with Gasteiger partial charge in [-0.15, -0.1) is 0 Å². The Morgan fingerprint density at radius 2 is 1.91 bits per heavy atom. The fourth-order valence-corrected chi connectivity index (χ4v) is 2.62. The number of β-amino-alcohol motifs (C(OH)–C–C–N with tert-alkyl or cyclic N) is 1. The molecule has 0 saturated carbocycles. The predicted molar refractivity (Wildman–Crippen MR) is 86.3 cm³/mol. The molecule has 1 heterocycles. The second-order valence-electron chi connectivity index (χ2n) is 5.58. The summed E-state index contributed by atoms with van der Waals surface area (Å²) in [6.07, 6.45) is 0.0500. The van der Waals surface area contributed by atoms with E-state index in [1.165, 1.54) is 0 Å². The Bertz CT molecular complexity index is 471. The number of rotatable bonds is 6. The van der Waals surface area contributed by atoms with Crippen molar-refractivity contribution >= 4 is 17.5 Å². The molecule has 0 spiro atoms. The van der Waals surface area contributed by atoms with E-state index in [0.717, 1.165) is 18.8 Å². The van der Waals surface area contributed by atoms with Gasteiger partial charge in [-0.2, -0.15) is 0 Å². The first-order valence-corrected chi connectivity index (χ1v) is 7.99. The Kier molecular flexibility index (Phi) is 6.49. The molecule has 0 bridgehead atoms. The lowest BCUT2D eigenvalue weighted by atomic mass is 10.2. The van der Waals surface area contributed by atoms with Crippen molar-refractivity contribution in [1.29, 1.82) is 0 Å². The van der Waals surface area contributed by atoms with Crippen LogP contribution in [0.1, 0.15) is 13.3 Å². The molecular weight excluding hydrogens is 304 g/mol. The number of carbonyl (C=O) groups excluding carboxylic acids is 1. The molecule has 0 unspecified atom stereocenters. The number of benzene rings is 1. The van der Waals surface area contributed by atoms with E-state index in [1.54, 1.807) is 31.2 Å². The van der Waals surface area contributed by atoms with Crippen molar-refractivity contribution in [3.05, 3.63) is 29.3 Å². The molecule has 22 heavy (non-hydrogen) atoms. The first-order chi connectivity index (χ1) is 10.5. The Morgan fingerprint density at radius 1 is 1.27 bits per heavy atom. The second kappa shape index (κ2) is 8.36. The molecular formula is C16H23ClN2O3. The zero-order valence-corrected chi connectivity index (χ0v) is 13.6. The zero-order chi connectivity index (χ0) is 15.9. The van der Waals surface area contributed by atoms with Gasteiger partial charge in [-0.3, -0.25) is 9.69 Å². The number of hydrogen-bond donors (Lipinski definition) is 1. The number of carbonyl (C=O) groups is 1. The molecule has 1 aliphatic heterocycles. The van der Waals surface area contributed by atoms with Crippen molar-refractivity contribution in [2.75, 3.05) is 39.3 Å². The Labute approximate surface area is 136 Å². The van der Waals surface area contributed by atoms with Crippen LogP contribution in [0.4, 0.5) is 0 Å². The van der Waals surface area contributed by atoms with Crippen LogP contribution in [0.3, 0.4) is 0 Å². The molecule has 1 aliphatic rings. The van der Waals surface area contributed by atoms with Crippen LogP contribution in [0.5, 0.6) is 5.75 Å². The van der Waals surface area contributed by atoms with Crippen molar-refractivity contribution in [3.63, 3.8) is 0 Å². The summed E-state index contributed by atoms with van der Waals surface area (Å²) in [4.78, 5) is 16.2. The molecule has 0 aliphatic carbocycles. The molecule has 1 fully saturated rings. The zero-order valence-electron chi connectivity index (χ0n) is 12.9. The molecule has 122 valence electrons. The highest BCUT2D eigenvalue weighted by Gasteiger charge is 2.21. The fourth-order valence-electron chi connectivity index (χ4n) is 2.50. The molecule has 1 N–H and O–H groups in total. The smallest absolute Gasteiger partial charge is 0.226 e.